The third-order valence-electron chi connectivity index (χ3n) is 3.52. The molecule has 2 heterocycles. The van der Waals surface area contributed by atoms with Crippen molar-refractivity contribution in [2.75, 3.05) is 31.6 Å². The number of nitrogens with zero attached hydrogens (tertiary/aromatic N) is 3. The number of aliphatic hydroxyl groups is 1. The van der Waals surface area contributed by atoms with Gasteiger partial charge in [-0.15, -0.1) is 0 Å². The summed E-state index contributed by atoms with van der Waals surface area (Å²) < 4.78 is 7.00. The van der Waals surface area contributed by atoms with E-state index < -0.39 is 6.10 Å². The predicted molar refractivity (Wildman–Crippen MR) is 86.0 cm³/mol. The van der Waals surface area contributed by atoms with Crippen molar-refractivity contribution in [3.8, 4) is 5.69 Å². The molecule has 8 heteroatoms. The van der Waals surface area contributed by atoms with Crippen molar-refractivity contribution in [1.82, 2.24) is 14.5 Å². The summed E-state index contributed by atoms with van der Waals surface area (Å²) in [5, 5.41) is 13.0. The van der Waals surface area contributed by atoms with E-state index in [1.807, 2.05) is 0 Å². The number of rotatable bonds is 2. The quantitative estimate of drug-likeness (QED) is 0.875. The van der Waals surface area contributed by atoms with Gasteiger partial charge < -0.3 is 24.6 Å². The molecular weight excluding hydrogens is 320 g/mol. The molecule has 3 rings (SSSR count). The lowest BCUT2D eigenvalue weighted by Gasteiger charge is -2.22. The molecule has 1 aliphatic heterocycles. The summed E-state index contributed by atoms with van der Waals surface area (Å²) in [7, 11) is 0. The number of hydrogen-bond donors (Lipinski definition) is 2. The summed E-state index contributed by atoms with van der Waals surface area (Å²) in [6.45, 7) is 1.33. The molecule has 2 amide bonds. The van der Waals surface area contributed by atoms with Crippen LogP contribution < -0.4 is 5.32 Å². The van der Waals surface area contributed by atoms with Crippen LogP contribution in [0.25, 0.3) is 5.69 Å². The maximum atomic E-state index is 12.3. The number of imidazole rings is 1. The van der Waals surface area contributed by atoms with Gasteiger partial charge >= 0.3 is 6.03 Å². The average molecular weight is 337 g/mol. The second kappa shape index (κ2) is 6.99. The van der Waals surface area contributed by atoms with Gasteiger partial charge in [-0.2, -0.15) is 0 Å². The number of carbonyl (C=O) groups excluding carboxylic acids is 1. The van der Waals surface area contributed by atoms with Crippen molar-refractivity contribution < 1.29 is 14.6 Å². The monoisotopic (exact) mass is 336 g/mol. The van der Waals surface area contributed by atoms with E-state index in [9.17, 15) is 9.90 Å². The van der Waals surface area contributed by atoms with E-state index >= 15 is 0 Å². The summed E-state index contributed by atoms with van der Waals surface area (Å²) >= 11 is 6.27. The fraction of sp³-hybridized carbons (Fsp3) is 0.333. The first-order valence-electron chi connectivity index (χ1n) is 7.23. The van der Waals surface area contributed by atoms with Gasteiger partial charge in [0.1, 0.15) is 0 Å². The van der Waals surface area contributed by atoms with Crippen LogP contribution in [0.4, 0.5) is 10.5 Å². The third kappa shape index (κ3) is 3.82. The fourth-order valence-corrected chi connectivity index (χ4v) is 2.65. The number of benzene rings is 1. The SMILES string of the molecule is O=C(Nc1ccc(-n2ccnc2)c(Cl)c1)N1CCOC[C@H](O)C1. The molecular formula is C15H17ClN4O3. The molecule has 23 heavy (non-hydrogen) atoms. The Hall–Kier alpha value is -2.09. The van der Waals surface area contributed by atoms with Crippen LogP contribution in [0.15, 0.2) is 36.9 Å². The number of amides is 2. The van der Waals surface area contributed by atoms with E-state index in [4.69, 9.17) is 16.3 Å². The Morgan fingerprint density at radius 3 is 3.09 bits per heavy atom. The van der Waals surface area contributed by atoms with E-state index in [-0.39, 0.29) is 19.2 Å². The van der Waals surface area contributed by atoms with Crippen molar-refractivity contribution in [1.29, 1.82) is 0 Å². The van der Waals surface area contributed by atoms with Crippen LogP contribution in [0.3, 0.4) is 0 Å². The lowest BCUT2D eigenvalue weighted by molar-refractivity contribution is 0.0575. The molecule has 2 aromatic rings. The molecule has 0 spiro atoms. The van der Waals surface area contributed by atoms with Crippen LogP contribution in [0.1, 0.15) is 0 Å². The fourth-order valence-electron chi connectivity index (χ4n) is 2.38. The second-order valence-electron chi connectivity index (χ2n) is 5.24. The Balaban J connectivity index is 1.70. The molecule has 7 nitrogen and oxygen atoms in total. The molecule has 0 saturated carbocycles. The number of β-amino-alcohol motifs (C(OH)–C–C–N with tert-alkyl or cyclic N) is 1. The number of hydrogen-bond acceptors (Lipinski definition) is 4. The zero-order chi connectivity index (χ0) is 16.2. The Labute approximate surface area is 138 Å². The van der Waals surface area contributed by atoms with Gasteiger partial charge in [0, 0.05) is 24.6 Å². The minimum Gasteiger partial charge on any atom is -0.389 e. The van der Waals surface area contributed by atoms with Crippen LogP contribution in [-0.4, -0.2) is 58.0 Å². The normalized spacial score (nSPS) is 18.5. The van der Waals surface area contributed by atoms with Crippen molar-refractivity contribution >= 4 is 23.3 Å². The molecule has 1 atom stereocenters. The second-order valence-corrected chi connectivity index (χ2v) is 5.65. The van der Waals surface area contributed by atoms with Gasteiger partial charge in [0.25, 0.3) is 0 Å². The first-order valence-corrected chi connectivity index (χ1v) is 7.61. The molecule has 1 saturated heterocycles. The summed E-state index contributed by atoms with van der Waals surface area (Å²) in [4.78, 5) is 17.8. The van der Waals surface area contributed by atoms with Gasteiger partial charge in [0.15, 0.2) is 0 Å². The maximum Gasteiger partial charge on any atom is 0.322 e. The van der Waals surface area contributed by atoms with Crippen molar-refractivity contribution in [2.45, 2.75) is 6.10 Å². The largest absolute Gasteiger partial charge is 0.389 e. The van der Waals surface area contributed by atoms with Crippen LogP contribution in [-0.2, 0) is 4.74 Å². The van der Waals surface area contributed by atoms with Crippen LogP contribution >= 0.6 is 11.6 Å². The molecule has 0 radical (unpaired) electrons. The summed E-state index contributed by atoms with van der Waals surface area (Å²) in [5.41, 5.74) is 1.37. The number of ether oxygens (including phenoxy) is 1. The van der Waals surface area contributed by atoms with Crippen LogP contribution in [0, 0.1) is 0 Å². The summed E-state index contributed by atoms with van der Waals surface area (Å²) in [6, 6.07) is 4.96. The Bertz CT molecular complexity index is 677. The van der Waals surface area contributed by atoms with Gasteiger partial charge in [0.05, 0.1) is 42.9 Å². The lowest BCUT2D eigenvalue weighted by atomic mass is 10.2. The van der Waals surface area contributed by atoms with Crippen molar-refractivity contribution in [3.05, 3.63) is 41.9 Å². The molecule has 2 N–H and O–H groups in total. The standard InChI is InChI=1S/C15H17ClN4O3/c16-13-7-11(1-2-14(13)20-4-3-17-10-20)18-15(22)19-5-6-23-9-12(21)8-19/h1-4,7,10,12,21H,5-6,8-9H2,(H,18,22)/t12-/m1/s1. The molecule has 122 valence electrons. The molecule has 0 unspecified atom stereocenters. The Kier molecular flexibility index (Phi) is 4.80. The number of carbonyl (C=O) groups is 1. The number of aliphatic hydroxyl groups excluding tert-OH is 1. The zero-order valence-electron chi connectivity index (χ0n) is 12.4. The maximum absolute atomic E-state index is 12.3. The highest BCUT2D eigenvalue weighted by Crippen LogP contribution is 2.24. The van der Waals surface area contributed by atoms with Crippen LogP contribution in [0.2, 0.25) is 5.02 Å². The molecule has 1 aromatic heterocycles. The number of urea groups is 1. The third-order valence-corrected chi connectivity index (χ3v) is 3.82. The molecule has 0 aliphatic carbocycles. The molecule has 1 aliphatic rings. The lowest BCUT2D eigenvalue weighted by Crippen LogP contribution is -2.40. The highest BCUT2D eigenvalue weighted by Gasteiger charge is 2.21. The van der Waals surface area contributed by atoms with Crippen molar-refractivity contribution in [2.24, 2.45) is 0 Å². The van der Waals surface area contributed by atoms with E-state index in [0.717, 1.165) is 5.69 Å². The van der Waals surface area contributed by atoms with Gasteiger partial charge in [-0.05, 0) is 18.2 Å². The topological polar surface area (TPSA) is 79.6 Å². The first-order chi connectivity index (χ1) is 11.1. The van der Waals surface area contributed by atoms with Crippen LogP contribution in [0.5, 0.6) is 0 Å². The molecule has 1 fully saturated rings. The number of halogens is 1. The van der Waals surface area contributed by atoms with Gasteiger partial charge in [-0.1, -0.05) is 11.6 Å². The minimum atomic E-state index is -0.671. The molecule has 1 aromatic carbocycles. The Morgan fingerprint density at radius 2 is 2.35 bits per heavy atom. The van der Waals surface area contributed by atoms with E-state index in [0.29, 0.717) is 23.9 Å². The first kappa shape index (κ1) is 15.8. The predicted octanol–water partition coefficient (Wildman–Crippen LogP) is 1.75. The number of nitrogens with one attached hydrogen (secondary N) is 1. The van der Waals surface area contributed by atoms with Gasteiger partial charge in [-0.25, -0.2) is 9.78 Å². The highest BCUT2D eigenvalue weighted by molar-refractivity contribution is 6.32. The molecule has 0 bridgehead atoms. The average Bonchev–Trinajstić information content (AvgIpc) is 2.95. The number of aromatic nitrogens is 2. The minimum absolute atomic E-state index is 0.243. The summed E-state index contributed by atoms with van der Waals surface area (Å²) in [6.07, 6.45) is 4.44. The van der Waals surface area contributed by atoms with E-state index in [2.05, 4.69) is 10.3 Å². The van der Waals surface area contributed by atoms with E-state index in [1.165, 1.54) is 4.90 Å². The zero-order valence-corrected chi connectivity index (χ0v) is 13.1. The van der Waals surface area contributed by atoms with E-state index in [1.54, 1.807) is 41.5 Å². The van der Waals surface area contributed by atoms with Crippen molar-refractivity contribution in [3.63, 3.8) is 0 Å². The summed E-state index contributed by atoms with van der Waals surface area (Å²) in [5.74, 6) is 0. The van der Waals surface area contributed by atoms with Gasteiger partial charge in [0.2, 0.25) is 0 Å². The van der Waals surface area contributed by atoms with Gasteiger partial charge in [-0.3, -0.25) is 0 Å². The number of anilines is 1. The Morgan fingerprint density at radius 1 is 1.48 bits per heavy atom. The highest BCUT2D eigenvalue weighted by atomic mass is 35.5. The smallest absolute Gasteiger partial charge is 0.322 e.